The highest BCUT2D eigenvalue weighted by molar-refractivity contribution is 7.89. The van der Waals surface area contributed by atoms with E-state index in [0.29, 0.717) is 42.7 Å². The normalized spacial score (nSPS) is 15.1. The van der Waals surface area contributed by atoms with Crippen LogP contribution >= 0.6 is 0 Å². The van der Waals surface area contributed by atoms with Crippen molar-refractivity contribution < 1.29 is 8.42 Å². The van der Waals surface area contributed by atoms with Gasteiger partial charge in [-0.3, -0.25) is 0 Å². The summed E-state index contributed by atoms with van der Waals surface area (Å²) in [6.45, 7) is 7.66. The molecule has 162 valence electrons. The minimum atomic E-state index is -3.51. The standard InChI is InChI=1S/C22H26N6O2S/c1-16-4-6-18(3)19(14-16)31(29,30)28-12-10-27(11-13-28)22-9-8-21(25-26-22)24-20-7-5-17(2)15-23-20/h4-9,14-15H,10-13H2,1-3H3,(H,23,24,25). The molecule has 4 rings (SSSR count). The first-order valence-corrected chi connectivity index (χ1v) is 11.6. The molecule has 3 aromatic rings. The van der Waals surface area contributed by atoms with Crippen molar-refractivity contribution in [3.8, 4) is 0 Å². The zero-order valence-electron chi connectivity index (χ0n) is 17.9. The molecule has 1 aromatic carbocycles. The Morgan fingerprint density at radius 3 is 2.19 bits per heavy atom. The molecule has 8 nitrogen and oxygen atoms in total. The summed E-state index contributed by atoms with van der Waals surface area (Å²) in [5.74, 6) is 2.04. The molecule has 0 aliphatic carbocycles. The van der Waals surface area contributed by atoms with E-state index in [9.17, 15) is 8.42 Å². The lowest BCUT2D eigenvalue weighted by Crippen LogP contribution is -2.49. The maximum Gasteiger partial charge on any atom is 0.243 e. The van der Waals surface area contributed by atoms with E-state index >= 15 is 0 Å². The average molecular weight is 439 g/mol. The van der Waals surface area contributed by atoms with Crippen LogP contribution in [0.2, 0.25) is 0 Å². The molecule has 0 spiro atoms. The summed E-state index contributed by atoms with van der Waals surface area (Å²) in [7, 11) is -3.51. The first kappa shape index (κ1) is 21.2. The van der Waals surface area contributed by atoms with Crippen molar-refractivity contribution in [1.82, 2.24) is 19.5 Å². The Morgan fingerprint density at radius 2 is 1.55 bits per heavy atom. The van der Waals surface area contributed by atoms with E-state index in [1.54, 1.807) is 16.6 Å². The van der Waals surface area contributed by atoms with Gasteiger partial charge in [0.05, 0.1) is 4.90 Å². The van der Waals surface area contributed by atoms with E-state index in [0.717, 1.165) is 22.5 Å². The number of pyridine rings is 1. The van der Waals surface area contributed by atoms with Crippen LogP contribution in [0.25, 0.3) is 0 Å². The SMILES string of the molecule is Cc1ccc(Nc2ccc(N3CCN(S(=O)(=O)c4cc(C)ccc4C)CC3)nn2)nc1. The zero-order valence-corrected chi connectivity index (χ0v) is 18.7. The third-order valence-corrected chi connectivity index (χ3v) is 7.38. The molecule has 1 fully saturated rings. The average Bonchev–Trinajstić information content (AvgIpc) is 2.77. The molecule has 1 saturated heterocycles. The Kier molecular flexibility index (Phi) is 5.88. The van der Waals surface area contributed by atoms with Crippen molar-refractivity contribution in [3.63, 3.8) is 0 Å². The van der Waals surface area contributed by atoms with Crippen molar-refractivity contribution >= 4 is 27.5 Å². The first-order valence-electron chi connectivity index (χ1n) is 10.2. The summed E-state index contributed by atoms with van der Waals surface area (Å²) in [6.07, 6.45) is 1.79. The van der Waals surface area contributed by atoms with Crippen LogP contribution in [0.3, 0.4) is 0 Å². The van der Waals surface area contributed by atoms with Gasteiger partial charge in [0.25, 0.3) is 0 Å². The number of anilines is 3. The molecule has 9 heteroatoms. The second kappa shape index (κ2) is 8.60. The van der Waals surface area contributed by atoms with Gasteiger partial charge in [0.2, 0.25) is 10.0 Å². The molecule has 31 heavy (non-hydrogen) atoms. The molecular weight excluding hydrogens is 412 g/mol. The van der Waals surface area contributed by atoms with E-state index in [4.69, 9.17) is 0 Å². The third kappa shape index (κ3) is 4.67. The van der Waals surface area contributed by atoms with Crippen LogP contribution in [0, 0.1) is 20.8 Å². The predicted molar refractivity (Wildman–Crippen MR) is 121 cm³/mol. The number of nitrogens with one attached hydrogen (secondary N) is 1. The highest BCUT2D eigenvalue weighted by Gasteiger charge is 2.30. The van der Waals surface area contributed by atoms with Crippen LogP contribution in [0.4, 0.5) is 17.5 Å². The lowest BCUT2D eigenvalue weighted by atomic mass is 10.2. The lowest BCUT2D eigenvalue weighted by molar-refractivity contribution is 0.383. The Balaban J connectivity index is 1.40. The van der Waals surface area contributed by atoms with Gasteiger partial charge in [-0.15, -0.1) is 10.2 Å². The molecule has 0 saturated carbocycles. The molecule has 1 N–H and O–H groups in total. The van der Waals surface area contributed by atoms with E-state index in [1.165, 1.54) is 0 Å². The molecule has 0 atom stereocenters. The minimum absolute atomic E-state index is 0.390. The fourth-order valence-electron chi connectivity index (χ4n) is 3.52. The molecule has 1 aliphatic heterocycles. The van der Waals surface area contributed by atoms with Gasteiger partial charge in [-0.1, -0.05) is 18.2 Å². The molecule has 0 radical (unpaired) electrons. The van der Waals surface area contributed by atoms with Gasteiger partial charge in [0.15, 0.2) is 11.6 Å². The molecule has 0 amide bonds. The number of piperazine rings is 1. The number of hydrogen-bond donors (Lipinski definition) is 1. The highest BCUT2D eigenvalue weighted by Crippen LogP contribution is 2.24. The van der Waals surface area contributed by atoms with Gasteiger partial charge < -0.3 is 10.2 Å². The van der Waals surface area contributed by atoms with Gasteiger partial charge >= 0.3 is 0 Å². The summed E-state index contributed by atoms with van der Waals surface area (Å²) in [5.41, 5.74) is 2.79. The number of sulfonamides is 1. The van der Waals surface area contributed by atoms with E-state index < -0.39 is 10.0 Å². The van der Waals surface area contributed by atoms with Gasteiger partial charge in [0, 0.05) is 32.4 Å². The lowest BCUT2D eigenvalue weighted by Gasteiger charge is -2.34. The minimum Gasteiger partial charge on any atom is -0.352 e. The molecule has 0 bridgehead atoms. The van der Waals surface area contributed by atoms with Crippen LogP contribution in [-0.4, -0.2) is 54.1 Å². The number of rotatable bonds is 5. The van der Waals surface area contributed by atoms with Gasteiger partial charge in [-0.2, -0.15) is 4.31 Å². The fourth-order valence-corrected chi connectivity index (χ4v) is 5.25. The van der Waals surface area contributed by atoms with Crippen molar-refractivity contribution in [2.45, 2.75) is 25.7 Å². The maximum atomic E-state index is 13.1. The molecular formula is C22H26N6O2S. The quantitative estimate of drug-likeness (QED) is 0.655. The third-order valence-electron chi connectivity index (χ3n) is 5.34. The number of hydrogen-bond acceptors (Lipinski definition) is 7. The van der Waals surface area contributed by atoms with Crippen molar-refractivity contribution in [2.75, 3.05) is 36.4 Å². The largest absolute Gasteiger partial charge is 0.352 e. The second-order valence-corrected chi connectivity index (χ2v) is 9.69. The Morgan fingerprint density at radius 1 is 0.839 bits per heavy atom. The summed E-state index contributed by atoms with van der Waals surface area (Å²) in [6, 6.07) is 13.1. The molecule has 3 heterocycles. The smallest absolute Gasteiger partial charge is 0.243 e. The number of benzene rings is 1. The Bertz CT molecular complexity index is 1160. The van der Waals surface area contributed by atoms with E-state index in [-0.39, 0.29) is 0 Å². The fraction of sp³-hybridized carbons (Fsp3) is 0.318. The molecule has 1 aliphatic rings. The monoisotopic (exact) mass is 438 g/mol. The number of aryl methyl sites for hydroxylation is 3. The Labute approximate surface area is 183 Å². The molecule has 0 unspecified atom stereocenters. The van der Waals surface area contributed by atoms with Gasteiger partial charge in [-0.05, 0) is 61.7 Å². The number of aromatic nitrogens is 3. The topological polar surface area (TPSA) is 91.3 Å². The van der Waals surface area contributed by atoms with Crippen LogP contribution < -0.4 is 10.2 Å². The van der Waals surface area contributed by atoms with Crippen molar-refractivity contribution in [3.05, 3.63) is 65.4 Å². The first-order chi connectivity index (χ1) is 14.8. The zero-order chi connectivity index (χ0) is 22.0. The highest BCUT2D eigenvalue weighted by atomic mass is 32.2. The van der Waals surface area contributed by atoms with Gasteiger partial charge in [-0.25, -0.2) is 13.4 Å². The number of nitrogens with zero attached hydrogens (tertiary/aromatic N) is 5. The van der Waals surface area contributed by atoms with Gasteiger partial charge in [0.1, 0.15) is 5.82 Å². The maximum absolute atomic E-state index is 13.1. The summed E-state index contributed by atoms with van der Waals surface area (Å²) in [4.78, 5) is 6.74. The summed E-state index contributed by atoms with van der Waals surface area (Å²) >= 11 is 0. The van der Waals surface area contributed by atoms with Crippen LogP contribution in [0.15, 0.2) is 53.6 Å². The second-order valence-electron chi connectivity index (χ2n) is 7.78. The predicted octanol–water partition coefficient (Wildman–Crippen LogP) is 3.05. The van der Waals surface area contributed by atoms with E-state index in [2.05, 4.69) is 25.4 Å². The van der Waals surface area contributed by atoms with Crippen LogP contribution in [0.1, 0.15) is 16.7 Å². The van der Waals surface area contributed by atoms with Crippen molar-refractivity contribution in [2.24, 2.45) is 0 Å². The Hall–Kier alpha value is -3.04. The van der Waals surface area contributed by atoms with Crippen molar-refractivity contribution in [1.29, 1.82) is 0 Å². The molecule has 2 aromatic heterocycles. The summed E-state index contributed by atoms with van der Waals surface area (Å²) in [5, 5.41) is 11.7. The summed E-state index contributed by atoms with van der Waals surface area (Å²) < 4.78 is 27.8. The van der Waals surface area contributed by atoms with E-state index in [1.807, 2.05) is 57.2 Å². The van der Waals surface area contributed by atoms with Crippen LogP contribution in [0.5, 0.6) is 0 Å². The van der Waals surface area contributed by atoms with Crippen LogP contribution in [-0.2, 0) is 10.0 Å².